The van der Waals surface area contributed by atoms with E-state index in [1.54, 1.807) is 17.4 Å². The first-order chi connectivity index (χ1) is 10.2. The quantitative estimate of drug-likeness (QED) is 0.647. The lowest BCUT2D eigenvalue weighted by molar-refractivity contribution is 0.626. The van der Waals surface area contributed by atoms with E-state index in [1.165, 1.54) is 29.0 Å². The van der Waals surface area contributed by atoms with Gasteiger partial charge < -0.3 is 0 Å². The molecule has 3 aromatic rings. The average molecular weight is 319 g/mol. The summed E-state index contributed by atoms with van der Waals surface area (Å²) in [7, 11) is 0. The van der Waals surface area contributed by atoms with Crippen LogP contribution in [0.5, 0.6) is 0 Å². The van der Waals surface area contributed by atoms with Crippen LogP contribution in [0.25, 0.3) is 10.2 Å². The van der Waals surface area contributed by atoms with Crippen LogP contribution in [-0.4, -0.2) is 9.97 Å². The number of halogens is 2. The van der Waals surface area contributed by atoms with Gasteiger partial charge in [0.15, 0.2) is 0 Å². The summed E-state index contributed by atoms with van der Waals surface area (Å²) in [4.78, 5) is 11.4. The summed E-state index contributed by atoms with van der Waals surface area (Å²) in [6, 6.07) is 6.52. The van der Waals surface area contributed by atoms with Crippen molar-refractivity contribution in [3.8, 4) is 0 Å². The lowest BCUT2D eigenvalue weighted by Crippen LogP contribution is -1.98. The molecule has 21 heavy (non-hydrogen) atoms. The van der Waals surface area contributed by atoms with Crippen molar-refractivity contribution in [1.82, 2.24) is 9.97 Å². The molecule has 0 saturated heterocycles. The van der Waals surface area contributed by atoms with Crippen molar-refractivity contribution in [3.05, 3.63) is 57.1 Å². The molecule has 0 amide bonds. The summed E-state index contributed by atoms with van der Waals surface area (Å²) in [6.07, 6.45) is 3.88. The summed E-state index contributed by atoms with van der Waals surface area (Å²) >= 11 is 8.09. The second-order valence-corrected chi connectivity index (χ2v) is 6.72. The van der Waals surface area contributed by atoms with E-state index in [0.717, 1.165) is 28.6 Å². The van der Waals surface area contributed by atoms with Gasteiger partial charge in [-0.15, -0.1) is 11.3 Å². The molecule has 2 heterocycles. The van der Waals surface area contributed by atoms with Crippen LogP contribution in [0.2, 0.25) is 5.15 Å². The summed E-state index contributed by atoms with van der Waals surface area (Å²) in [6.45, 7) is 0. The summed E-state index contributed by atoms with van der Waals surface area (Å²) in [5.41, 5.74) is 2.19. The van der Waals surface area contributed by atoms with Gasteiger partial charge in [-0.05, 0) is 42.5 Å². The molecule has 0 radical (unpaired) electrons. The molecule has 5 heteroatoms. The highest BCUT2D eigenvalue weighted by Gasteiger charge is 2.21. The van der Waals surface area contributed by atoms with Gasteiger partial charge in [0.25, 0.3) is 0 Å². The van der Waals surface area contributed by atoms with Crippen LogP contribution in [0.4, 0.5) is 4.39 Å². The molecule has 0 aliphatic heterocycles. The van der Waals surface area contributed by atoms with Crippen molar-refractivity contribution >= 4 is 33.2 Å². The monoisotopic (exact) mass is 318 g/mol. The summed E-state index contributed by atoms with van der Waals surface area (Å²) in [5, 5.41) is 1.56. The maximum Gasteiger partial charge on any atom is 0.141 e. The number of thiophene rings is 1. The van der Waals surface area contributed by atoms with Crippen LogP contribution in [0, 0.1) is 5.82 Å². The van der Waals surface area contributed by atoms with Crippen molar-refractivity contribution in [2.75, 3.05) is 0 Å². The van der Waals surface area contributed by atoms with Crippen LogP contribution >= 0.6 is 22.9 Å². The molecule has 2 nitrogen and oxygen atoms in total. The molecule has 2 aromatic heterocycles. The first-order valence-electron chi connectivity index (χ1n) is 6.92. The largest absolute Gasteiger partial charge is 0.222 e. The molecule has 1 aliphatic rings. The molecule has 106 valence electrons. The number of hydrogen-bond donors (Lipinski definition) is 0. The molecule has 0 spiro atoms. The molecule has 0 fully saturated rings. The molecule has 4 rings (SSSR count). The van der Waals surface area contributed by atoms with Gasteiger partial charge in [0.1, 0.15) is 21.6 Å². The third kappa shape index (κ3) is 2.32. The molecule has 0 atom stereocenters. The smallest absolute Gasteiger partial charge is 0.141 e. The number of benzene rings is 1. The zero-order valence-electron chi connectivity index (χ0n) is 11.2. The van der Waals surface area contributed by atoms with Crippen molar-refractivity contribution < 1.29 is 4.39 Å². The number of rotatable bonds is 2. The fourth-order valence-corrected chi connectivity index (χ4v) is 4.54. The summed E-state index contributed by atoms with van der Waals surface area (Å²) in [5.74, 6) is 0.410. The number of nitrogens with zero attached hydrogens (tertiary/aromatic N) is 2. The first-order valence-corrected chi connectivity index (χ1v) is 8.11. The van der Waals surface area contributed by atoms with E-state index in [-0.39, 0.29) is 5.82 Å². The van der Waals surface area contributed by atoms with E-state index in [1.807, 2.05) is 6.07 Å². The maximum absolute atomic E-state index is 13.2. The van der Waals surface area contributed by atoms with Crippen LogP contribution in [-0.2, 0) is 19.3 Å². The Hall–Kier alpha value is -1.52. The second kappa shape index (κ2) is 5.04. The fraction of sp³-hybridized carbons (Fsp3) is 0.250. The Morgan fingerprint density at radius 2 is 2.14 bits per heavy atom. The Morgan fingerprint density at radius 3 is 3.00 bits per heavy atom. The highest BCUT2D eigenvalue weighted by Crippen LogP contribution is 2.39. The average Bonchev–Trinajstić information content (AvgIpc) is 2.98. The van der Waals surface area contributed by atoms with E-state index in [0.29, 0.717) is 17.4 Å². The van der Waals surface area contributed by atoms with Crippen LogP contribution in [0.15, 0.2) is 24.3 Å². The van der Waals surface area contributed by atoms with Crippen LogP contribution in [0.1, 0.15) is 28.2 Å². The third-order valence-corrected chi connectivity index (χ3v) is 5.28. The van der Waals surface area contributed by atoms with E-state index in [2.05, 4.69) is 9.97 Å². The van der Waals surface area contributed by atoms with Crippen molar-refractivity contribution in [2.45, 2.75) is 25.7 Å². The number of aromatic nitrogens is 2. The van der Waals surface area contributed by atoms with Gasteiger partial charge in [0, 0.05) is 11.3 Å². The third-order valence-electron chi connectivity index (χ3n) is 3.82. The lowest BCUT2D eigenvalue weighted by Gasteiger charge is -2.03. The molecule has 0 saturated carbocycles. The Morgan fingerprint density at radius 1 is 1.24 bits per heavy atom. The minimum Gasteiger partial charge on any atom is -0.222 e. The predicted molar refractivity (Wildman–Crippen MR) is 83.7 cm³/mol. The van der Waals surface area contributed by atoms with E-state index in [9.17, 15) is 4.39 Å². The minimum atomic E-state index is -0.241. The molecule has 0 N–H and O–H groups in total. The standard InChI is InChI=1S/C16H12ClFN2S/c17-15-14-11-5-2-6-12(11)21-16(14)20-13(19-15)8-9-3-1-4-10(18)7-9/h1,3-4,7H,2,5-6,8H2. The zero-order chi connectivity index (χ0) is 14.4. The first kappa shape index (κ1) is 13.2. The Kier molecular flexibility index (Phi) is 3.16. The van der Waals surface area contributed by atoms with Gasteiger partial charge in [0.05, 0.1) is 5.39 Å². The molecule has 1 aromatic carbocycles. The zero-order valence-corrected chi connectivity index (χ0v) is 12.8. The van der Waals surface area contributed by atoms with Gasteiger partial charge in [-0.3, -0.25) is 0 Å². The molecule has 0 bridgehead atoms. The normalized spacial score (nSPS) is 13.8. The van der Waals surface area contributed by atoms with E-state index in [4.69, 9.17) is 11.6 Å². The number of aryl methyl sites for hydroxylation is 2. The van der Waals surface area contributed by atoms with Gasteiger partial charge >= 0.3 is 0 Å². The van der Waals surface area contributed by atoms with Crippen molar-refractivity contribution in [3.63, 3.8) is 0 Å². The van der Waals surface area contributed by atoms with Gasteiger partial charge in [-0.25, -0.2) is 14.4 Å². The number of hydrogen-bond acceptors (Lipinski definition) is 3. The predicted octanol–water partition coefficient (Wildman–Crippen LogP) is 4.56. The minimum absolute atomic E-state index is 0.241. The molecular weight excluding hydrogens is 307 g/mol. The Labute approximate surface area is 130 Å². The molecular formula is C16H12ClFN2S. The highest BCUT2D eigenvalue weighted by atomic mass is 35.5. The van der Waals surface area contributed by atoms with Gasteiger partial charge in [0.2, 0.25) is 0 Å². The fourth-order valence-electron chi connectivity index (χ4n) is 2.90. The van der Waals surface area contributed by atoms with E-state index >= 15 is 0 Å². The lowest BCUT2D eigenvalue weighted by atomic mass is 10.1. The highest BCUT2D eigenvalue weighted by molar-refractivity contribution is 7.19. The topological polar surface area (TPSA) is 25.8 Å². The second-order valence-electron chi connectivity index (χ2n) is 5.27. The van der Waals surface area contributed by atoms with Crippen LogP contribution in [0.3, 0.4) is 0 Å². The van der Waals surface area contributed by atoms with Gasteiger partial charge in [-0.2, -0.15) is 0 Å². The van der Waals surface area contributed by atoms with E-state index < -0.39 is 0 Å². The molecule has 0 unspecified atom stereocenters. The molecule has 1 aliphatic carbocycles. The Bertz CT molecular complexity index is 844. The Balaban J connectivity index is 1.77. The maximum atomic E-state index is 13.2. The summed E-state index contributed by atoms with van der Waals surface area (Å²) < 4.78 is 13.2. The van der Waals surface area contributed by atoms with Crippen LogP contribution < -0.4 is 0 Å². The SMILES string of the molecule is Fc1cccc(Cc2nc(Cl)c3c4c(sc3n2)CCC4)c1. The van der Waals surface area contributed by atoms with Crippen molar-refractivity contribution in [1.29, 1.82) is 0 Å². The number of fused-ring (bicyclic) bond motifs is 3. The van der Waals surface area contributed by atoms with Gasteiger partial charge in [-0.1, -0.05) is 23.7 Å². The van der Waals surface area contributed by atoms with Crippen molar-refractivity contribution in [2.24, 2.45) is 0 Å².